The van der Waals surface area contributed by atoms with E-state index < -0.39 is 0 Å². The molecule has 1 fully saturated rings. The molecule has 2 heteroatoms. The molecule has 0 radical (unpaired) electrons. The zero-order valence-corrected chi connectivity index (χ0v) is 11.2. The first-order valence-electron chi connectivity index (χ1n) is 6.76. The minimum atomic E-state index is 1.11. The number of hydrogen-bond acceptors (Lipinski definition) is 2. The first-order valence-corrected chi connectivity index (χ1v) is 6.76. The highest BCUT2D eigenvalue weighted by atomic mass is 15.2. The first kappa shape index (κ1) is 12.6. The van der Waals surface area contributed by atoms with Gasteiger partial charge in [0.1, 0.15) is 0 Å². The van der Waals surface area contributed by atoms with Crippen molar-refractivity contribution >= 4 is 0 Å². The van der Waals surface area contributed by atoms with E-state index in [1.807, 2.05) is 0 Å². The van der Waals surface area contributed by atoms with E-state index in [4.69, 9.17) is 0 Å². The number of rotatable bonds is 4. The lowest BCUT2D eigenvalue weighted by atomic mass is 10.1. The van der Waals surface area contributed by atoms with E-state index in [1.165, 1.54) is 50.1 Å². The molecule has 0 aromatic heterocycles. The minimum Gasteiger partial charge on any atom is -0.304 e. The Morgan fingerprint density at radius 2 is 1.53 bits per heavy atom. The van der Waals surface area contributed by atoms with E-state index in [0.29, 0.717) is 0 Å². The van der Waals surface area contributed by atoms with Crippen molar-refractivity contribution in [3.8, 4) is 0 Å². The molecule has 0 atom stereocenters. The van der Waals surface area contributed by atoms with E-state index in [1.54, 1.807) is 0 Å². The number of hydrogen-bond donors (Lipinski definition) is 0. The number of piperazine rings is 1. The van der Waals surface area contributed by atoms with Crippen molar-refractivity contribution in [2.45, 2.75) is 26.3 Å². The van der Waals surface area contributed by atoms with Gasteiger partial charge in [-0.05, 0) is 24.6 Å². The van der Waals surface area contributed by atoms with Crippen LogP contribution in [0.15, 0.2) is 24.3 Å². The Morgan fingerprint density at radius 3 is 2.12 bits per heavy atom. The fourth-order valence-electron chi connectivity index (χ4n) is 2.36. The highest BCUT2D eigenvalue weighted by Crippen LogP contribution is 2.10. The maximum atomic E-state index is 2.55. The molecule has 0 unspecified atom stereocenters. The molecule has 1 aromatic carbocycles. The Morgan fingerprint density at radius 1 is 0.941 bits per heavy atom. The third kappa shape index (κ3) is 3.83. The third-order valence-corrected chi connectivity index (χ3v) is 3.56. The smallest absolute Gasteiger partial charge is 0.0234 e. The zero-order chi connectivity index (χ0) is 12.1. The van der Waals surface area contributed by atoms with Gasteiger partial charge in [-0.3, -0.25) is 4.90 Å². The third-order valence-electron chi connectivity index (χ3n) is 3.56. The molecule has 1 saturated heterocycles. The molecule has 0 saturated carbocycles. The maximum absolute atomic E-state index is 2.55. The Hall–Kier alpha value is -0.860. The van der Waals surface area contributed by atoms with Crippen LogP contribution in [0, 0.1) is 0 Å². The molecule has 2 rings (SSSR count). The van der Waals surface area contributed by atoms with E-state index >= 15 is 0 Å². The lowest BCUT2D eigenvalue weighted by Gasteiger charge is -2.32. The molecule has 1 aromatic rings. The fraction of sp³-hybridized carbons (Fsp3) is 0.600. The van der Waals surface area contributed by atoms with Crippen LogP contribution >= 0.6 is 0 Å². The monoisotopic (exact) mass is 232 g/mol. The predicted molar refractivity (Wildman–Crippen MR) is 73.2 cm³/mol. The molecule has 1 aliphatic rings. The van der Waals surface area contributed by atoms with Crippen molar-refractivity contribution in [2.75, 3.05) is 33.2 Å². The van der Waals surface area contributed by atoms with Crippen molar-refractivity contribution < 1.29 is 0 Å². The second-order valence-electron chi connectivity index (χ2n) is 5.15. The van der Waals surface area contributed by atoms with Crippen LogP contribution in [-0.2, 0) is 13.0 Å². The molecule has 94 valence electrons. The van der Waals surface area contributed by atoms with Gasteiger partial charge in [0.15, 0.2) is 0 Å². The van der Waals surface area contributed by atoms with Gasteiger partial charge in [-0.1, -0.05) is 37.6 Å². The predicted octanol–water partition coefficient (Wildman–Crippen LogP) is 2.39. The lowest BCUT2D eigenvalue weighted by Crippen LogP contribution is -2.43. The van der Waals surface area contributed by atoms with Gasteiger partial charge in [0.25, 0.3) is 0 Å². The molecule has 0 amide bonds. The fourth-order valence-corrected chi connectivity index (χ4v) is 2.36. The van der Waals surface area contributed by atoms with Crippen molar-refractivity contribution in [3.63, 3.8) is 0 Å². The molecule has 1 aliphatic heterocycles. The average molecular weight is 232 g/mol. The summed E-state index contributed by atoms with van der Waals surface area (Å²) >= 11 is 0. The van der Waals surface area contributed by atoms with Crippen LogP contribution in [0.1, 0.15) is 24.5 Å². The summed E-state index contributed by atoms with van der Waals surface area (Å²) in [6, 6.07) is 9.16. The molecular formula is C15H24N2. The summed E-state index contributed by atoms with van der Waals surface area (Å²) in [4.78, 5) is 4.95. The highest BCUT2D eigenvalue weighted by molar-refractivity contribution is 5.22. The Labute approximate surface area is 105 Å². The summed E-state index contributed by atoms with van der Waals surface area (Å²) in [6.45, 7) is 8.15. The molecule has 0 spiro atoms. The maximum Gasteiger partial charge on any atom is 0.0234 e. The summed E-state index contributed by atoms with van der Waals surface area (Å²) in [5, 5.41) is 0. The standard InChI is InChI=1S/C15H24N2/c1-3-4-14-5-7-15(8-6-14)13-17-11-9-16(2)10-12-17/h5-8H,3-4,9-13H2,1-2H3. The average Bonchev–Trinajstić information content (AvgIpc) is 2.35. The molecular weight excluding hydrogens is 208 g/mol. The van der Waals surface area contributed by atoms with Gasteiger partial charge in [-0.25, -0.2) is 0 Å². The SMILES string of the molecule is CCCc1ccc(CN2CCN(C)CC2)cc1. The molecule has 2 nitrogen and oxygen atoms in total. The van der Waals surface area contributed by atoms with E-state index in [0.717, 1.165) is 6.54 Å². The van der Waals surface area contributed by atoms with Gasteiger partial charge in [-0.2, -0.15) is 0 Å². The topological polar surface area (TPSA) is 6.48 Å². The molecule has 17 heavy (non-hydrogen) atoms. The minimum absolute atomic E-state index is 1.11. The summed E-state index contributed by atoms with van der Waals surface area (Å²) < 4.78 is 0. The first-order chi connectivity index (χ1) is 8.28. The second-order valence-corrected chi connectivity index (χ2v) is 5.15. The van der Waals surface area contributed by atoms with Crippen LogP contribution in [0.25, 0.3) is 0 Å². The number of aryl methyl sites for hydroxylation is 1. The van der Waals surface area contributed by atoms with Gasteiger partial charge in [-0.15, -0.1) is 0 Å². The van der Waals surface area contributed by atoms with Crippen LogP contribution in [0.3, 0.4) is 0 Å². The normalized spacial score (nSPS) is 18.5. The highest BCUT2D eigenvalue weighted by Gasteiger charge is 2.13. The van der Waals surface area contributed by atoms with Crippen molar-refractivity contribution in [1.29, 1.82) is 0 Å². The largest absolute Gasteiger partial charge is 0.304 e. The molecule has 0 N–H and O–H groups in total. The summed E-state index contributed by atoms with van der Waals surface area (Å²) in [5.41, 5.74) is 2.92. The number of likely N-dealkylation sites (N-methyl/N-ethyl adjacent to an activating group) is 1. The Bertz CT molecular complexity index is 323. The summed E-state index contributed by atoms with van der Waals surface area (Å²) in [6.07, 6.45) is 2.44. The quantitative estimate of drug-likeness (QED) is 0.786. The van der Waals surface area contributed by atoms with Gasteiger partial charge in [0, 0.05) is 32.7 Å². The second kappa shape index (κ2) is 6.18. The van der Waals surface area contributed by atoms with Crippen LogP contribution < -0.4 is 0 Å². The Balaban J connectivity index is 1.86. The molecule has 0 bridgehead atoms. The van der Waals surface area contributed by atoms with E-state index in [-0.39, 0.29) is 0 Å². The zero-order valence-electron chi connectivity index (χ0n) is 11.2. The molecule has 1 heterocycles. The Kier molecular flexibility index (Phi) is 4.57. The van der Waals surface area contributed by atoms with Crippen molar-refractivity contribution in [3.05, 3.63) is 35.4 Å². The number of nitrogens with zero attached hydrogens (tertiary/aromatic N) is 2. The lowest BCUT2D eigenvalue weighted by molar-refractivity contribution is 0.148. The molecule has 0 aliphatic carbocycles. The van der Waals surface area contributed by atoms with E-state index in [9.17, 15) is 0 Å². The number of benzene rings is 1. The van der Waals surface area contributed by atoms with Crippen LogP contribution in [-0.4, -0.2) is 43.0 Å². The van der Waals surface area contributed by atoms with Crippen molar-refractivity contribution in [2.24, 2.45) is 0 Å². The van der Waals surface area contributed by atoms with Gasteiger partial charge in [0.05, 0.1) is 0 Å². The van der Waals surface area contributed by atoms with Crippen LogP contribution in [0.5, 0.6) is 0 Å². The van der Waals surface area contributed by atoms with E-state index in [2.05, 4.69) is 48.0 Å². The van der Waals surface area contributed by atoms with Crippen LogP contribution in [0.2, 0.25) is 0 Å². The van der Waals surface area contributed by atoms with Gasteiger partial charge in [0.2, 0.25) is 0 Å². The summed E-state index contributed by atoms with van der Waals surface area (Å²) in [7, 11) is 2.21. The van der Waals surface area contributed by atoms with Crippen LogP contribution in [0.4, 0.5) is 0 Å². The summed E-state index contributed by atoms with van der Waals surface area (Å²) in [5.74, 6) is 0. The van der Waals surface area contributed by atoms with Crippen molar-refractivity contribution in [1.82, 2.24) is 9.80 Å². The van der Waals surface area contributed by atoms with Gasteiger partial charge >= 0.3 is 0 Å². The van der Waals surface area contributed by atoms with Gasteiger partial charge < -0.3 is 4.90 Å².